The van der Waals surface area contributed by atoms with Crippen molar-refractivity contribution in [3.05, 3.63) is 35.4 Å². The molecule has 106 valence electrons. The fraction of sp³-hybridized carbons (Fsp3) is 0.375. The van der Waals surface area contributed by atoms with Crippen molar-refractivity contribution in [3.63, 3.8) is 0 Å². The normalized spacial score (nSPS) is 10.7. The van der Waals surface area contributed by atoms with Gasteiger partial charge in [-0.05, 0) is 38.8 Å². The van der Waals surface area contributed by atoms with Crippen LogP contribution in [0, 0.1) is 0 Å². The molecular weight excluding hydrogens is 256 g/mol. The Morgan fingerprint density at radius 1 is 0.600 bits per heavy atom. The van der Waals surface area contributed by atoms with E-state index in [-0.39, 0.29) is 23.1 Å². The van der Waals surface area contributed by atoms with Gasteiger partial charge in [0.25, 0.3) is 0 Å². The van der Waals surface area contributed by atoms with Crippen molar-refractivity contribution in [1.29, 1.82) is 0 Å². The number of hydrogen-bond donors (Lipinski definition) is 0. The molecule has 0 saturated heterocycles. The Morgan fingerprint density at radius 2 is 0.800 bits per heavy atom. The lowest BCUT2D eigenvalue weighted by Gasteiger charge is -2.14. The molecule has 4 heteroatoms. The number of rotatable bonds is 6. The van der Waals surface area contributed by atoms with E-state index in [1.54, 1.807) is 24.3 Å². The smallest absolute Gasteiger partial charge is 0.144 e. The summed E-state index contributed by atoms with van der Waals surface area (Å²) in [4.78, 5) is 46.0. The number of hydrogen-bond acceptors (Lipinski definition) is 4. The van der Waals surface area contributed by atoms with Crippen LogP contribution in [0.1, 0.15) is 50.7 Å². The number of benzene rings is 1. The van der Waals surface area contributed by atoms with Crippen LogP contribution in [-0.4, -0.2) is 23.1 Å². The second-order valence-electron chi connectivity index (χ2n) is 4.98. The van der Waals surface area contributed by atoms with Crippen molar-refractivity contribution < 1.29 is 19.2 Å². The average Bonchev–Trinajstić information content (AvgIpc) is 2.29. The third-order valence-corrected chi connectivity index (χ3v) is 3.23. The molecule has 0 N–H and O–H groups in total. The van der Waals surface area contributed by atoms with E-state index in [1.165, 1.54) is 27.7 Å². The molecule has 1 aromatic rings. The lowest BCUT2D eigenvalue weighted by molar-refractivity contribution is -0.128. The largest absolute Gasteiger partial charge is 0.299 e. The lowest BCUT2D eigenvalue weighted by Crippen LogP contribution is -2.19. The predicted octanol–water partition coefficient (Wildman–Crippen LogP) is 2.21. The molecular formula is C16H18O4. The van der Waals surface area contributed by atoms with Gasteiger partial charge >= 0.3 is 0 Å². The SMILES string of the molecule is CC(=O)C(C(C)=O)c1ccc(C(C(C)=O)C(C)=O)cc1. The first kappa shape index (κ1) is 16.0. The Hall–Kier alpha value is -2.10. The van der Waals surface area contributed by atoms with Crippen molar-refractivity contribution in [2.45, 2.75) is 39.5 Å². The highest BCUT2D eigenvalue weighted by Crippen LogP contribution is 2.23. The third-order valence-electron chi connectivity index (χ3n) is 3.23. The van der Waals surface area contributed by atoms with Crippen LogP contribution in [0.4, 0.5) is 0 Å². The molecule has 0 saturated carbocycles. The molecule has 0 bridgehead atoms. The summed E-state index contributed by atoms with van der Waals surface area (Å²) < 4.78 is 0. The Balaban J connectivity index is 3.16. The van der Waals surface area contributed by atoms with Crippen molar-refractivity contribution in [2.75, 3.05) is 0 Å². The second-order valence-corrected chi connectivity index (χ2v) is 4.98. The van der Waals surface area contributed by atoms with E-state index < -0.39 is 11.8 Å². The van der Waals surface area contributed by atoms with E-state index in [2.05, 4.69) is 0 Å². The third kappa shape index (κ3) is 3.47. The topological polar surface area (TPSA) is 68.3 Å². The highest BCUT2D eigenvalue weighted by Gasteiger charge is 2.24. The molecule has 1 aromatic carbocycles. The molecule has 1 rings (SSSR count). The average molecular weight is 274 g/mol. The zero-order valence-electron chi connectivity index (χ0n) is 12.1. The van der Waals surface area contributed by atoms with Crippen LogP contribution in [0.3, 0.4) is 0 Å². The first-order valence-corrected chi connectivity index (χ1v) is 6.37. The number of ketones is 4. The molecule has 0 heterocycles. The van der Waals surface area contributed by atoms with Crippen molar-refractivity contribution in [2.24, 2.45) is 0 Å². The van der Waals surface area contributed by atoms with Crippen molar-refractivity contribution in [3.8, 4) is 0 Å². The Morgan fingerprint density at radius 3 is 0.950 bits per heavy atom. The van der Waals surface area contributed by atoms with Crippen LogP contribution >= 0.6 is 0 Å². The minimum atomic E-state index is -0.780. The molecule has 0 fully saturated rings. The second kappa shape index (κ2) is 6.37. The first-order valence-electron chi connectivity index (χ1n) is 6.37. The maximum absolute atomic E-state index is 11.5. The van der Waals surface area contributed by atoms with Crippen LogP contribution in [-0.2, 0) is 19.2 Å². The zero-order valence-corrected chi connectivity index (χ0v) is 12.1. The quantitative estimate of drug-likeness (QED) is 0.746. The summed E-state index contributed by atoms with van der Waals surface area (Å²) in [5.74, 6) is -2.45. The molecule has 0 aliphatic heterocycles. The molecule has 20 heavy (non-hydrogen) atoms. The van der Waals surface area contributed by atoms with E-state index in [9.17, 15) is 19.2 Å². The van der Waals surface area contributed by atoms with Crippen LogP contribution in [0.25, 0.3) is 0 Å². The van der Waals surface area contributed by atoms with E-state index in [0.29, 0.717) is 11.1 Å². The van der Waals surface area contributed by atoms with Gasteiger partial charge in [-0.3, -0.25) is 19.2 Å². The van der Waals surface area contributed by atoms with Gasteiger partial charge in [0.05, 0.1) is 0 Å². The number of Topliss-reactive ketones (excluding diaryl/α,β-unsaturated/α-hetero) is 4. The van der Waals surface area contributed by atoms with Gasteiger partial charge in [-0.1, -0.05) is 24.3 Å². The van der Waals surface area contributed by atoms with Crippen LogP contribution in [0.2, 0.25) is 0 Å². The predicted molar refractivity (Wildman–Crippen MR) is 74.6 cm³/mol. The van der Waals surface area contributed by atoms with Gasteiger partial charge in [0.15, 0.2) is 0 Å². The van der Waals surface area contributed by atoms with Gasteiger partial charge < -0.3 is 0 Å². The fourth-order valence-corrected chi connectivity index (χ4v) is 2.39. The molecule has 0 spiro atoms. The van der Waals surface area contributed by atoms with E-state index in [0.717, 1.165) is 0 Å². The standard InChI is InChI=1S/C16H18O4/c1-9(17)15(10(2)18)13-5-7-14(8-6-13)16(11(3)19)12(4)20/h5-8,15-16H,1-4H3. The molecule has 0 amide bonds. The minimum Gasteiger partial charge on any atom is -0.299 e. The summed E-state index contributed by atoms with van der Waals surface area (Å²) in [5.41, 5.74) is 1.17. The lowest BCUT2D eigenvalue weighted by atomic mass is 9.87. The van der Waals surface area contributed by atoms with Gasteiger partial charge in [0, 0.05) is 0 Å². The van der Waals surface area contributed by atoms with E-state index in [1.807, 2.05) is 0 Å². The minimum absolute atomic E-state index is 0.222. The summed E-state index contributed by atoms with van der Waals surface area (Å²) in [6, 6.07) is 6.51. The number of carbonyl (C=O) groups is 4. The Bertz CT molecular complexity index is 475. The molecule has 0 radical (unpaired) electrons. The molecule has 0 atom stereocenters. The summed E-state index contributed by atoms with van der Waals surface area (Å²) in [6.45, 7) is 5.48. The van der Waals surface area contributed by atoms with Gasteiger partial charge in [-0.25, -0.2) is 0 Å². The fourth-order valence-electron chi connectivity index (χ4n) is 2.39. The molecule has 4 nitrogen and oxygen atoms in total. The summed E-state index contributed by atoms with van der Waals surface area (Å²) in [5, 5.41) is 0. The van der Waals surface area contributed by atoms with Crippen molar-refractivity contribution in [1.82, 2.24) is 0 Å². The molecule has 0 aromatic heterocycles. The number of carbonyl (C=O) groups excluding carboxylic acids is 4. The molecule has 0 unspecified atom stereocenters. The van der Waals surface area contributed by atoms with E-state index >= 15 is 0 Å². The maximum atomic E-state index is 11.5. The zero-order chi connectivity index (χ0) is 15.4. The Kier molecular flexibility index (Phi) is 5.08. The summed E-state index contributed by atoms with van der Waals surface area (Å²) >= 11 is 0. The van der Waals surface area contributed by atoms with Crippen LogP contribution in [0.5, 0.6) is 0 Å². The van der Waals surface area contributed by atoms with Crippen LogP contribution in [0.15, 0.2) is 24.3 Å². The van der Waals surface area contributed by atoms with E-state index in [4.69, 9.17) is 0 Å². The van der Waals surface area contributed by atoms with Gasteiger partial charge in [0.2, 0.25) is 0 Å². The molecule has 0 aliphatic carbocycles. The highest BCUT2D eigenvalue weighted by atomic mass is 16.2. The maximum Gasteiger partial charge on any atom is 0.144 e. The van der Waals surface area contributed by atoms with Crippen LogP contribution < -0.4 is 0 Å². The first-order chi connectivity index (χ1) is 9.25. The summed E-state index contributed by atoms with van der Waals surface area (Å²) in [7, 11) is 0. The molecule has 0 aliphatic rings. The van der Waals surface area contributed by atoms with Crippen molar-refractivity contribution >= 4 is 23.1 Å². The van der Waals surface area contributed by atoms with Gasteiger partial charge in [-0.2, -0.15) is 0 Å². The summed E-state index contributed by atoms with van der Waals surface area (Å²) in [6.07, 6.45) is 0. The monoisotopic (exact) mass is 274 g/mol. The van der Waals surface area contributed by atoms with Gasteiger partial charge in [0.1, 0.15) is 35.0 Å². The Labute approximate surface area is 118 Å². The highest BCUT2D eigenvalue weighted by molar-refractivity contribution is 6.06. The van der Waals surface area contributed by atoms with Gasteiger partial charge in [-0.15, -0.1) is 0 Å².